The number of carbonyl (C=O) groups is 1. The van der Waals surface area contributed by atoms with Gasteiger partial charge in [-0.05, 0) is 55.5 Å². The molecular formula is C26H24N4O4. The van der Waals surface area contributed by atoms with Gasteiger partial charge in [0.15, 0.2) is 11.6 Å². The third kappa shape index (κ3) is 4.96. The van der Waals surface area contributed by atoms with Crippen LogP contribution in [0.2, 0.25) is 0 Å². The van der Waals surface area contributed by atoms with Gasteiger partial charge >= 0.3 is 5.97 Å². The number of hydrogen-bond donors (Lipinski definition) is 1. The Hall–Kier alpha value is -4.46. The van der Waals surface area contributed by atoms with E-state index in [0.717, 1.165) is 11.3 Å². The maximum absolute atomic E-state index is 12.8. The second-order valence-corrected chi connectivity index (χ2v) is 7.28. The summed E-state index contributed by atoms with van der Waals surface area (Å²) < 4.78 is 10.5. The monoisotopic (exact) mass is 456 g/mol. The maximum atomic E-state index is 12.8. The van der Waals surface area contributed by atoms with Crippen LogP contribution in [0.1, 0.15) is 23.0 Å². The molecule has 8 heteroatoms. The number of phenols is 1. The third-order valence-corrected chi connectivity index (χ3v) is 5.09. The number of ether oxygens (including phenoxy) is 2. The van der Waals surface area contributed by atoms with Crippen molar-refractivity contribution >= 4 is 17.5 Å². The fourth-order valence-corrected chi connectivity index (χ4v) is 3.43. The van der Waals surface area contributed by atoms with Gasteiger partial charge in [0, 0.05) is 18.0 Å². The van der Waals surface area contributed by atoms with E-state index in [4.69, 9.17) is 14.5 Å². The van der Waals surface area contributed by atoms with Crippen LogP contribution >= 0.6 is 0 Å². The van der Waals surface area contributed by atoms with Gasteiger partial charge in [-0.2, -0.15) is 0 Å². The molecule has 1 N–H and O–H groups in total. The number of esters is 1. The largest absolute Gasteiger partial charge is 0.506 e. The van der Waals surface area contributed by atoms with Crippen molar-refractivity contribution in [3.63, 3.8) is 0 Å². The standard InChI is InChI=1S/C26H24N4O4/c1-3-34-26(32)21-16-28-24(18-11-13-20(33-2)14-12-18)29-25(21)30(17-19-8-6-7-15-27-19)22-9-4-5-10-23(22)31/h4-16,31H,3,17H2,1-2H3. The van der Waals surface area contributed by atoms with E-state index in [2.05, 4.69) is 9.97 Å². The van der Waals surface area contributed by atoms with E-state index in [9.17, 15) is 9.90 Å². The summed E-state index contributed by atoms with van der Waals surface area (Å²) in [6, 6.07) is 19.7. The minimum atomic E-state index is -0.555. The number of benzene rings is 2. The molecule has 0 aliphatic heterocycles. The molecule has 0 atom stereocenters. The third-order valence-electron chi connectivity index (χ3n) is 5.09. The summed E-state index contributed by atoms with van der Waals surface area (Å²) in [6.45, 7) is 2.19. The average Bonchev–Trinajstić information content (AvgIpc) is 2.88. The summed E-state index contributed by atoms with van der Waals surface area (Å²) in [7, 11) is 1.60. The highest BCUT2D eigenvalue weighted by molar-refractivity contribution is 5.96. The van der Waals surface area contributed by atoms with E-state index in [-0.39, 0.29) is 24.5 Å². The van der Waals surface area contributed by atoms with Gasteiger partial charge in [0.25, 0.3) is 0 Å². The fraction of sp³-hybridized carbons (Fsp3) is 0.154. The lowest BCUT2D eigenvalue weighted by Gasteiger charge is -2.26. The van der Waals surface area contributed by atoms with Crippen LogP contribution in [0.5, 0.6) is 11.5 Å². The van der Waals surface area contributed by atoms with Crippen LogP contribution in [0, 0.1) is 0 Å². The highest BCUT2D eigenvalue weighted by Crippen LogP contribution is 2.36. The highest BCUT2D eigenvalue weighted by atomic mass is 16.5. The number of para-hydroxylation sites is 2. The zero-order valence-electron chi connectivity index (χ0n) is 18.9. The lowest BCUT2D eigenvalue weighted by atomic mass is 10.1. The van der Waals surface area contributed by atoms with Gasteiger partial charge in [-0.15, -0.1) is 0 Å². The predicted molar refractivity (Wildman–Crippen MR) is 128 cm³/mol. The molecule has 0 fully saturated rings. The lowest BCUT2D eigenvalue weighted by molar-refractivity contribution is 0.0526. The molecule has 2 heterocycles. The number of aromatic nitrogens is 3. The Morgan fingerprint density at radius 3 is 2.44 bits per heavy atom. The van der Waals surface area contributed by atoms with Gasteiger partial charge in [0.1, 0.15) is 17.1 Å². The molecule has 0 saturated heterocycles. The molecule has 4 rings (SSSR count). The molecular weight excluding hydrogens is 432 g/mol. The van der Waals surface area contributed by atoms with Gasteiger partial charge in [-0.3, -0.25) is 4.98 Å². The summed E-state index contributed by atoms with van der Waals surface area (Å²) in [5, 5.41) is 10.7. The molecule has 4 aromatic rings. The van der Waals surface area contributed by atoms with Gasteiger partial charge in [0.05, 0.1) is 31.6 Å². The maximum Gasteiger partial charge on any atom is 0.343 e. The number of pyridine rings is 1. The molecule has 0 aliphatic rings. The second-order valence-electron chi connectivity index (χ2n) is 7.28. The van der Waals surface area contributed by atoms with Crippen molar-refractivity contribution < 1.29 is 19.4 Å². The van der Waals surface area contributed by atoms with Crippen molar-refractivity contribution in [2.75, 3.05) is 18.6 Å². The number of carbonyl (C=O) groups excluding carboxylic acids is 1. The lowest BCUT2D eigenvalue weighted by Crippen LogP contribution is -2.23. The molecule has 0 amide bonds. The summed E-state index contributed by atoms with van der Waals surface area (Å²) in [5.74, 6) is 0.898. The minimum absolute atomic E-state index is 0.0397. The van der Waals surface area contributed by atoms with Crippen molar-refractivity contribution in [3.05, 3.63) is 90.4 Å². The number of nitrogens with zero attached hydrogens (tertiary/aromatic N) is 4. The molecule has 0 aliphatic carbocycles. The second kappa shape index (κ2) is 10.4. The van der Waals surface area contributed by atoms with E-state index >= 15 is 0 Å². The number of anilines is 2. The zero-order valence-corrected chi connectivity index (χ0v) is 18.9. The Morgan fingerprint density at radius 2 is 1.76 bits per heavy atom. The van der Waals surface area contributed by atoms with Crippen LogP contribution in [0.25, 0.3) is 11.4 Å². The van der Waals surface area contributed by atoms with Crippen molar-refractivity contribution in [1.82, 2.24) is 15.0 Å². The molecule has 0 saturated carbocycles. The smallest absolute Gasteiger partial charge is 0.343 e. The minimum Gasteiger partial charge on any atom is -0.506 e. The number of hydrogen-bond acceptors (Lipinski definition) is 8. The molecule has 0 bridgehead atoms. The fourth-order valence-electron chi connectivity index (χ4n) is 3.43. The van der Waals surface area contributed by atoms with Crippen LogP contribution in [0.3, 0.4) is 0 Å². The molecule has 8 nitrogen and oxygen atoms in total. The van der Waals surface area contributed by atoms with Crippen LogP contribution in [-0.2, 0) is 11.3 Å². The molecule has 172 valence electrons. The first-order valence-electron chi connectivity index (χ1n) is 10.7. The average molecular weight is 457 g/mol. The molecule has 34 heavy (non-hydrogen) atoms. The van der Waals surface area contributed by atoms with E-state index in [1.54, 1.807) is 49.4 Å². The number of methoxy groups -OCH3 is 1. The Bertz CT molecular complexity index is 1260. The van der Waals surface area contributed by atoms with E-state index in [0.29, 0.717) is 23.1 Å². The van der Waals surface area contributed by atoms with Crippen LogP contribution in [-0.4, -0.2) is 39.7 Å². The quantitative estimate of drug-likeness (QED) is 0.379. The van der Waals surface area contributed by atoms with Crippen molar-refractivity contribution in [2.24, 2.45) is 0 Å². The Labute approximate surface area is 197 Å². The topological polar surface area (TPSA) is 97.7 Å². The number of aromatic hydroxyl groups is 1. The van der Waals surface area contributed by atoms with Crippen LogP contribution in [0.4, 0.5) is 11.5 Å². The first-order valence-corrected chi connectivity index (χ1v) is 10.7. The number of phenolic OH excluding ortho intramolecular Hbond substituents is 1. The normalized spacial score (nSPS) is 10.5. The van der Waals surface area contributed by atoms with Crippen molar-refractivity contribution in [1.29, 1.82) is 0 Å². The first kappa shape index (κ1) is 22.7. The Balaban J connectivity index is 1.89. The van der Waals surface area contributed by atoms with E-state index in [1.807, 2.05) is 42.5 Å². The van der Waals surface area contributed by atoms with Gasteiger partial charge in [0.2, 0.25) is 0 Å². The van der Waals surface area contributed by atoms with E-state index < -0.39 is 5.97 Å². The molecule has 2 aromatic heterocycles. The van der Waals surface area contributed by atoms with Crippen molar-refractivity contribution in [2.45, 2.75) is 13.5 Å². The number of rotatable bonds is 8. The summed E-state index contributed by atoms with van der Waals surface area (Å²) >= 11 is 0. The molecule has 0 radical (unpaired) electrons. The van der Waals surface area contributed by atoms with E-state index in [1.165, 1.54) is 6.20 Å². The first-order chi connectivity index (χ1) is 16.6. The molecule has 0 spiro atoms. The SMILES string of the molecule is CCOC(=O)c1cnc(-c2ccc(OC)cc2)nc1N(Cc1ccccn1)c1ccccc1O. The highest BCUT2D eigenvalue weighted by Gasteiger charge is 2.25. The van der Waals surface area contributed by atoms with Crippen LogP contribution in [0.15, 0.2) is 79.1 Å². The molecule has 0 unspecified atom stereocenters. The predicted octanol–water partition coefficient (Wildman–Crippen LogP) is 4.77. The van der Waals surface area contributed by atoms with Gasteiger partial charge < -0.3 is 19.5 Å². The zero-order chi connectivity index (χ0) is 23.9. The summed E-state index contributed by atoms with van der Waals surface area (Å²) in [5.41, 5.74) is 2.12. The van der Waals surface area contributed by atoms with Gasteiger partial charge in [-0.25, -0.2) is 14.8 Å². The van der Waals surface area contributed by atoms with Gasteiger partial charge in [-0.1, -0.05) is 18.2 Å². The summed E-state index contributed by atoms with van der Waals surface area (Å²) in [4.78, 5) is 28.2. The van der Waals surface area contributed by atoms with Crippen LogP contribution < -0.4 is 9.64 Å². The Kier molecular flexibility index (Phi) is 6.98. The molecule has 2 aromatic carbocycles. The van der Waals surface area contributed by atoms with Crippen molar-refractivity contribution in [3.8, 4) is 22.9 Å². The Morgan fingerprint density at radius 1 is 1.00 bits per heavy atom. The summed E-state index contributed by atoms with van der Waals surface area (Å²) in [6.07, 6.45) is 3.14.